The van der Waals surface area contributed by atoms with Gasteiger partial charge in [-0.1, -0.05) is 29.8 Å². The van der Waals surface area contributed by atoms with Crippen LogP contribution < -0.4 is 5.56 Å². The minimum atomic E-state index is -0.147. The third-order valence-corrected chi connectivity index (χ3v) is 6.46. The van der Waals surface area contributed by atoms with E-state index in [-0.39, 0.29) is 12.1 Å². The SMILES string of the molecule is Cc1ccc(-c2nnn(Cc3nc4scc(-c5ccc(C)s5)c4c(=O)[nH]3)n2)cc1. The fourth-order valence-electron chi connectivity index (χ4n) is 3.09. The predicted molar refractivity (Wildman–Crippen MR) is 115 cm³/mol. The second-order valence-corrected chi connectivity index (χ2v) is 8.91. The first kappa shape index (κ1) is 17.9. The standard InChI is InChI=1S/C20H16N6OS2/c1-11-3-6-13(7-4-11)18-23-25-26(24-18)9-16-21-19(27)17-14(10-28-20(17)22-16)15-8-5-12(2)29-15/h3-8,10H,9H2,1-2H3,(H,21,22,27). The van der Waals surface area contributed by atoms with E-state index in [1.54, 1.807) is 11.3 Å². The molecule has 29 heavy (non-hydrogen) atoms. The molecule has 9 heteroatoms. The van der Waals surface area contributed by atoms with Crippen molar-refractivity contribution in [3.63, 3.8) is 0 Å². The first-order chi connectivity index (χ1) is 14.1. The number of hydrogen-bond acceptors (Lipinski definition) is 7. The van der Waals surface area contributed by atoms with Crippen LogP contribution in [0, 0.1) is 13.8 Å². The summed E-state index contributed by atoms with van der Waals surface area (Å²) in [6, 6.07) is 12.0. The van der Waals surface area contributed by atoms with Gasteiger partial charge in [-0.05, 0) is 31.2 Å². The molecule has 0 radical (unpaired) electrons. The molecule has 0 saturated carbocycles. The molecule has 5 rings (SSSR count). The lowest BCUT2D eigenvalue weighted by Gasteiger charge is -2.00. The Morgan fingerprint density at radius 1 is 1.10 bits per heavy atom. The Kier molecular flexibility index (Phi) is 4.33. The largest absolute Gasteiger partial charge is 0.308 e. The second kappa shape index (κ2) is 7.02. The molecule has 0 aliphatic carbocycles. The number of aromatic amines is 1. The molecule has 0 spiro atoms. The third-order valence-electron chi connectivity index (χ3n) is 4.55. The lowest BCUT2D eigenvalue weighted by Crippen LogP contribution is -2.15. The molecule has 1 N–H and O–H groups in total. The molecular formula is C20H16N6OS2. The van der Waals surface area contributed by atoms with E-state index in [9.17, 15) is 4.79 Å². The van der Waals surface area contributed by atoms with E-state index in [1.807, 2.05) is 42.6 Å². The van der Waals surface area contributed by atoms with E-state index in [0.717, 1.165) is 16.0 Å². The molecule has 0 saturated heterocycles. The normalized spacial score (nSPS) is 11.4. The maximum atomic E-state index is 12.8. The third kappa shape index (κ3) is 3.39. The summed E-state index contributed by atoms with van der Waals surface area (Å²) in [5, 5.41) is 15.2. The number of benzene rings is 1. The van der Waals surface area contributed by atoms with Crippen molar-refractivity contribution in [3.8, 4) is 21.8 Å². The summed E-state index contributed by atoms with van der Waals surface area (Å²) in [6.07, 6.45) is 0. The average molecular weight is 421 g/mol. The highest BCUT2D eigenvalue weighted by atomic mass is 32.1. The van der Waals surface area contributed by atoms with Gasteiger partial charge < -0.3 is 4.98 Å². The number of hydrogen-bond donors (Lipinski definition) is 1. The van der Waals surface area contributed by atoms with Crippen molar-refractivity contribution in [1.29, 1.82) is 0 Å². The van der Waals surface area contributed by atoms with Gasteiger partial charge in [0.25, 0.3) is 5.56 Å². The summed E-state index contributed by atoms with van der Waals surface area (Å²) in [5.41, 5.74) is 2.85. The molecule has 0 atom stereocenters. The highest BCUT2D eigenvalue weighted by Gasteiger charge is 2.15. The number of aryl methyl sites for hydroxylation is 2. The zero-order chi connectivity index (χ0) is 20.0. The van der Waals surface area contributed by atoms with Gasteiger partial charge in [-0.15, -0.1) is 32.9 Å². The van der Waals surface area contributed by atoms with Crippen molar-refractivity contribution < 1.29 is 0 Å². The first-order valence-electron chi connectivity index (χ1n) is 8.99. The highest BCUT2D eigenvalue weighted by molar-refractivity contribution is 7.19. The summed E-state index contributed by atoms with van der Waals surface area (Å²) in [5.74, 6) is 1.05. The van der Waals surface area contributed by atoms with Crippen molar-refractivity contribution in [3.05, 3.63) is 68.4 Å². The molecule has 1 aromatic carbocycles. The Hall–Kier alpha value is -3.17. The number of aromatic nitrogens is 6. The van der Waals surface area contributed by atoms with Crippen LogP contribution in [0.3, 0.4) is 0 Å². The first-order valence-corrected chi connectivity index (χ1v) is 10.7. The Labute approximate surface area is 173 Å². The summed E-state index contributed by atoms with van der Waals surface area (Å²) >= 11 is 3.14. The molecule has 0 unspecified atom stereocenters. The van der Waals surface area contributed by atoms with Crippen LogP contribution in [-0.2, 0) is 6.54 Å². The van der Waals surface area contributed by atoms with Gasteiger partial charge in [-0.3, -0.25) is 4.79 Å². The molecular weight excluding hydrogens is 404 g/mol. The van der Waals surface area contributed by atoms with Crippen molar-refractivity contribution in [1.82, 2.24) is 30.2 Å². The Morgan fingerprint density at radius 2 is 1.93 bits per heavy atom. The number of tetrazole rings is 1. The number of nitrogens with zero attached hydrogens (tertiary/aromatic N) is 5. The van der Waals surface area contributed by atoms with Crippen molar-refractivity contribution in [2.45, 2.75) is 20.4 Å². The van der Waals surface area contributed by atoms with E-state index in [1.165, 1.54) is 26.6 Å². The number of H-pyrrole nitrogens is 1. The molecule has 7 nitrogen and oxygen atoms in total. The summed E-state index contributed by atoms with van der Waals surface area (Å²) < 4.78 is 0. The van der Waals surface area contributed by atoms with Crippen LogP contribution in [0.25, 0.3) is 32.0 Å². The number of fused-ring (bicyclic) bond motifs is 1. The van der Waals surface area contributed by atoms with Crippen LogP contribution >= 0.6 is 22.7 Å². The zero-order valence-electron chi connectivity index (χ0n) is 15.7. The van der Waals surface area contributed by atoms with Gasteiger partial charge in [-0.2, -0.15) is 4.80 Å². The average Bonchev–Trinajstić information content (AvgIpc) is 3.42. The molecule has 0 bridgehead atoms. The Balaban J connectivity index is 1.46. The van der Waals surface area contributed by atoms with Gasteiger partial charge in [-0.25, -0.2) is 4.98 Å². The van der Waals surface area contributed by atoms with Gasteiger partial charge in [0, 0.05) is 26.3 Å². The fraction of sp³-hybridized carbons (Fsp3) is 0.150. The van der Waals surface area contributed by atoms with Crippen molar-refractivity contribution in [2.24, 2.45) is 0 Å². The smallest absolute Gasteiger partial charge is 0.260 e. The van der Waals surface area contributed by atoms with Crippen LogP contribution in [0.15, 0.2) is 46.6 Å². The summed E-state index contributed by atoms with van der Waals surface area (Å²) in [7, 11) is 0. The van der Waals surface area contributed by atoms with Crippen LogP contribution in [0.2, 0.25) is 0 Å². The van der Waals surface area contributed by atoms with Gasteiger partial charge >= 0.3 is 0 Å². The number of thiophene rings is 2. The van der Waals surface area contributed by atoms with E-state index in [4.69, 9.17) is 0 Å². The number of nitrogens with one attached hydrogen (secondary N) is 1. The second-order valence-electron chi connectivity index (χ2n) is 6.76. The van der Waals surface area contributed by atoms with Gasteiger partial charge in [0.1, 0.15) is 17.2 Å². The van der Waals surface area contributed by atoms with E-state index in [2.05, 4.69) is 38.4 Å². The van der Waals surface area contributed by atoms with E-state index < -0.39 is 0 Å². The summed E-state index contributed by atoms with van der Waals surface area (Å²) in [6.45, 7) is 4.33. The minimum Gasteiger partial charge on any atom is -0.308 e. The van der Waals surface area contributed by atoms with Gasteiger partial charge in [0.05, 0.1) is 5.39 Å². The topological polar surface area (TPSA) is 89.4 Å². The quantitative estimate of drug-likeness (QED) is 0.474. The molecule has 0 amide bonds. The molecule has 0 fully saturated rings. The maximum Gasteiger partial charge on any atom is 0.260 e. The maximum absolute atomic E-state index is 12.8. The molecule has 144 valence electrons. The van der Waals surface area contributed by atoms with E-state index >= 15 is 0 Å². The minimum absolute atomic E-state index is 0.147. The van der Waals surface area contributed by atoms with Crippen LogP contribution in [0.1, 0.15) is 16.3 Å². The van der Waals surface area contributed by atoms with Crippen molar-refractivity contribution >= 4 is 32.9 Å². The molecule has 0 aliphatic rings. The Morgan fingerprint density at radius 3 is 2.69 bits per heavy atom. The number of rotatable bonds is 4. The monoisotopic (exact) mass is 420 g/mol. The summed E-state index contributed by atoms with van der Waals surface area (Å²) in [4.78, 5) is 24.7. The zero-order valence-corrected chi connectivity index (χ0v) is 17.3. The van der Waals surface area contributed by atoms with Crippen LogP contribution in [0.5, 0.6) is 0 Å². The van der Waals surface area contributed by atoms with Crippen LogP contribution in [-0.4, -0.2) is 30.2 Å². The molecule has 0 aliphatic heterocycles. The molecule has 4 aromatic heterocycles. The lowest BCUT2D eigenvalue weighted by atomic mass is 10.1. The molecule has 4 heterocycles. The van der Waals surface area contributed by atoms with Gasteiger partial charge in [0.15, 0.2) is 0 Å². The molecule has 5 aromatic rings. The van der Waals surface area contributed by atoms with Crippen LogP contribution in [0.4, 0.5) is 0 Å². The Bertz CT molecular complexity index is 1380. The fourth-order valence-corrected chi connectivity index (χ4v) is 5.01. The van der Waals surface area contributed by atoms with Crippen molar-refractivity contribution in [2.75, 3.05) is 0 Å². The lowest BCUT2D eigenvalue weighted by molar-refractivity contribution is 0.555. The van der Waals surface area contributed by atoms with Gasteiger partial charge in [0.2, 0.25) is 5.82 Å². The van der Waals surface area contributed by atoms with E-state index in [0.29, 0.717) is 21.9 Å². The predicted octanol–water partition coefficient (Wildman–Crippen LogP) is 4.03. The highest BCUT2D eigenvalue weighted by Crippen LogP contribution is 2.34.